The average molecular weight is 190 g/mol. The molecule has 76 valence electrons. The maximum Gasteiger partial charge on any atom is 0.0295 e. The van der Waals surface area contributed by atoms with Crippen molar-refractivity contribution in [3.63, 3.8) is 0 Å². The van der Waals surface area contributed by atoms with Gasteiger partial charge in [-0.1, -0.05) is 13.3 Å². The van der Waals surface area contributed by atoms with Crippen LogP contribution in [0.15, 0.2) is 24.5 Å². The number of aromatic nitrogens is 1. The summed E-state index contributed by atoms with van der Waals surface area (Å²) in [5, 5.41) is 3.64. The molecule has 1 aromatic rings. The van der Waals surface area contributed by atoms with Crippen molar-refractivity contribution in [2.45, 2.75) is 38.8 Å². The predicted molar refractivity (Wildman–Crippen MR) is 58.0 cm³/mol. The number of nitrogens with zero attached hydrogens (tertiary/aromatic N) is 1. The molecule has 1 aliphatic rings. The van der Waals surface area contributed by atoms with Crippen molar-refractivity contribution in [1.29, 1.82) is 0 Å². The fourth-order valence-electron chi connectivity index (χ4n) is 1.97. The van der Waals surface area contributed by atoms with Crippen molar-refractivity contribution < 1.29 is 0 Å². The largest absolute Gasteiger partial charge is 0.307 e. The molecule has 0 bridgehead atoms. The summed E-state index contributed by atoms with van der Waals surface area (Å²) < 4.78 is 0. The second-order valence-corrected chi connectivity index (χ2v) is 4.18. The van der Waals surface area contributed by atoms with Crippen molar-refractivity contribution in [2.75, 3.05) is 0 Å². The van der Waals surface area contributed by atoms with Gasteiger partial charge in [-0.15, -0.1) is 0 Å². The molecule has 2 rings (SSSR count). The van der Waals surface area contributed by atoms with Gasteiger partial charge in [-0.3, -0.25) is 4.98 Å². The van der Waals surface area contributed by atoms with Gasteiger partial charge in [0.05, 0.1) is 0 Å². The summed E-state index contributed by atoms with van der Waals surface area (Å²) in [7, 11) is 0. The van der Waals surface area contributed by atoms with Gasteiger partial charge in [0.2, 0.25) is 0 Å². The molecule has 3 unspecified atom stereocenters. The Balaban J connectivity index is 1.88. The minimum Gasteiger partial charge on any atom is -0.307 e. The minimum absolute atomic E-state index is 0.458. The van der Waals surface area contributed by atoms with Crippen LogP contribution < -0.4 is 5.32 Å². The predicted octanol–water partition coefficient (Wildman–Crippen LogP) is 2.53. The summed E-state index contributed by atoms with van der Waals surface area (Å²) in [5.74, 6) is 0.916. The summed E-state index contributed by atoms with van der Waals surface area (Å²) in [6, 6.07) is 5.38. The molecule has 1 N–H and O–H groups in total. The van der Waals surface area contributed by atoms with Crippen LogP contribution in [0.5, 0.6) is 0 Å². The molecule has 3 atom stereocenters. The summed E-state index contributed by atoms with van der Waals surface area (Å²) in [6.45, 7) is 4.49. The van der Waals surface area contributed by atoms with Gasteiger partial charge < -0.3 is 5.32 Å². The van der Waals surface area contributed by atoms with E-state index in [1.165, 1.54) is 18.4 Å². The van der Waals surface area contributed by atoms with Gasteiger partial charge in [0.25, 0.3) is 0 Å². The Morgan fingerprint density at radius 1 is 1.50 bits per heavy atom. The highest BCUT2D eigenvalue weighted by Gasteiger charge is 2.35. The van der Waals surface area contributed by atoms with E-state index in [0.29, 0.717) is 6.04 Å². The van der Waals surface area contributed by atoms with E-state index in [-0.39, 0.29) is 0 Å². The van der Waals surface area contributed by atoms with Crippen LogP contribution in [0.1, 0.15) is 38.3 Å². The zero-order chi connectivity index (χ0) is 9.97. The monoisotopic (exact) mass is 190 g/mol. The average Bonchev–Trinajstić information content (AvgIpc) is 2.98. The number of pyridine rings is 1. The molecule has 2 nitrogen and oxygen atoms in total. The van der Waals surface area contributed by atoms with Gasteiger partial charge in [-0.25, -0.2) is 0 Å². The number of rotatable bonds is 4. The van der Waals surface area contributed by atoms with Crippen LogP contribution in [0, 0.1) is 5.92 Å². The Bertz CT molecular complexity index is 284. The Morgan fingerprint density at radius 3 is 2.79 bits per heavy atom. The Hall–Kier alpha value is -0.890. The fraction of sp³-hybridized carbons (Fsp3) is 0.583. The highest BCUT2D eigenvalue weighted by molar-refractivity contribution is 5.15. The third kappa shape index (κ3) is 2.13. The highest BCUT2D eigenvalue weighted by Crippen LogP contribution is 2.34. The molecule has 2 heteroatoms. The quantitative estimate of drug-likeness (QED) is 0.789. The van der Waals surface area contributed by atoms with E-state index in [0.717, 1.165) is 12.0 Å². The van der Waals surface area contributed by atoms with Crippen molar-refractivity contribution in [3.8, 4) is 0 Å². The van der Waals surface area contributed by atoms with E-state index in [9.17, 15) is 0 Å². The fourth-order valence-corrected chi connectivity index (χ4v) is 1.97. The molecular formula is C12H18N2. The van der Waals surface area contributed by atoms with Gasteiger partial charge in [0, 0.05) is 24.5 Å². The molecule has 0 amide bonds. The SMILES string of the molecule is CCC1CC1NC(C)c1ccncc1. The minimum atomic E-state index is 0.458. The first-order valence-electron chi connectivity index (χ1n) is 5.47. The van der Waals surface area contributed by atoms with Gasteiger partial charge in [0.1, 0.15) is 0 Å². The third-order valence-electron chi connectivity index (χ3n) is 3.12. The van der Waals surface area contributed by atoms with Crippen molar-refractivity contribution in [2.24, 2.45) is 5.92 Å². The zero-order valence-electron chi connectivity index (χ0n) is 8.90. The van der Waals surface area contributed by atoms with Crippen molar-refractivity contribution in [1.82, 2.24) is 10.3 Å². The van der Waals surface area contributed by atoms with Crippen LogP contribution in [0.25, 0.3) is 0 Å². The first kappa shape index (κ1) is 9.66. The van der Waals surface area contributed by atoms with E-state index in [4.69, 9.17) is 0 Å². The zero-order valence-corrected chi connectivity index (χ0v) is 8.90. The van der Waals surface area contributed by atoms with E-state index in [2.05, 4.69) is 36.3 Å². The topological polar surface area (TPSA) is 24.9 Å². The van der Waals surface area contributed by atoms with Crippen LogP contribution in [0.2, 0.25) is 0 Å². The first-order chi connectivity index (χ1) is 6.81. The lowest BCUT2D eigenvalue weighted by Crippen LogP contribution is -2.22. The molecule has 0 aromatic carbocycles. The van der Waals surface area contributed by atoms with E-state index < -0.39 is 0 Å². The van der Waals surface area contributed by atoms with Crippen LogP contribution >= 0.6 is 0 Å². The summed E-state index contributed by atoms with van der Waals surface area (Å²) >= 11 is 0. The first-order valence-corrected chi connectivity index (χ1v) is 5.47. The lowest BCUT2D eigenvalue weighted by molar-refractivity contribution is 0.539. The summed E-state index contributed by atoms with van der Waals surface area (Å²) in [5.41, 5.74) is 1.33. The summed E-state index contributed by atoms with van der Waals surface area (Å²) in [6.07, 6.45) is 6.38. The molecule has 0 saturated heterocycles. The van der Waals surface area contributed by atoms with Crippen LogP contribution in [-0.2, 0) is 0 Å². The Kier molecular flexibility index (Phi) is 2.82. The number of hydrogen-bond acceptors (Lipinski definition) is 2. The van der Waals surface area contributed by atoms with Gasteiger partial charge in [-0.2, -0.15) is 0 Å². The van der Waals surface area contributed by atoms with Crippen molar-refractivity contribution >= 4 is 0 Å². The van der Waals surface area contributed by atoms with Crippen molar-refractivity contribution in [3.05, 3.63) is 30.1 Å². The maximum absolute atomic E-state index is 4.03. The lowest BCUT2D eigenvalue weighted by atomic mass is 10.1. The van der Waals surface area contributed by atoms with Gasteiger partial charge in [0.15, 0.2) is 0 Å². The van der Waals surface area contributed by atoms with Crippen LogP contribution in [0.4, 0.5) is 0 Å². The molecule has 0 radical (unpaired) electrons. The Labute approximate surface area is 85.7 Å². The standard InChI is InChI=1S/C12H18N2/c1-3-10-8-12(10)14-9(2)11-4-6-13-7-5-11/h4-7,9-10,12,14H,3,8H2,1-2H3. The molecule has 1 aliphatic carbocycles. The Morgan fingerprint density at radius 2 is 2.21 bits per heavy atom. The molecule has 0 spiro atoms. The third-order valence-corrected chi connectivity index (χ3v) is 3.12. The van der Waals surface area contributed by atoms with E-state index >= 15 is 0 Å². The molecule has 1 aromatic heterocycles. The second kappa shape index (κ2) is 4.09. The molecule has 0 aliphatic heterocycles. The van der Waals surface area contributed by atoms with E-state index in [1.54, 1.807) is 0 Å². The highest BCUT2D eigenvalue weighted by atomic mass is 15.0. The second-order valence-electron chi connectivity index (χ2n) is 4.18. The van der Waals surface area contributed by atoms with Crippen LogP contribution in [-0.4, -0.2) is 11.0 Å². The summed E-state index contributed by atoms with van der Waals surface area (Å²) in [4.78, 5) is 4.03. The molecule has 14 heavy (non-hydrogen) atoms. The molecule has 1 saturated carbocycles. The molecule has 1 heterocycles. The lowest BCUT2D eigenvalue weighted by Gasteiger charge is -2.13. The smallest absolute Gasteiger partial charge is 0.0295 e. The normalized spacial score (nSPS) is 27.3. The van der Waals surface area contributed by atoms with E-state index in [1.807, 2.05) is 12.4 Å². The maximum atomic E-state index is 4.03. The number of hydrogen-bond donors (Lipinski definition) is 1. The van der Waals surface area contributed by atoms with Gasteiger partial charge in [-0.05, 0) is 37.0 Å². The van der Waals surface area contributed by atoms with Gasteiger partial charge >= 0.3 is 0 Å². The van der Waals surface area contributed by atoms with Crippen LogP contribution in [0.3, 0.4) is 0 Å². The number of nitrogens with one attached hydrogen (secondary N) is 1. The molecular weight excluding hydrogens is 172 g/mol. The molecule has 1 fully saturated rings.